The van der Waals surface area contributed by atoms with Crippen LogP contribution in [0.15, 0.2) is 35.4 Å². The van der Waals surface area contributed by atoms with E-state index in [1.165, 1.54) is 5.56 Å². The van der Waals surface area contributed by atoms with Crippen LogP contribution in [0.3, 0.4) is 0 Å². The minimum Gasteiger partial charge on any atom is -0.354 e. The summed E-state index contributed by atoms with van der Waals surface area (Å²) in [6.45, 7) is 4.46. The van der Waals surface area contributed by atoms with Gasteiger partial charge in [0.15, 0.2) is 11.5 Å². The second-order valence-electron chi connectivity index (χ2n) is 8.70. The van der Waals surface area contributed by atoms with Gasteiger partial charge in [-0.1, -0.05) is 61.9 Å². The zero-order valence-electron chi connectivity index (χ0n) is 18.4. The molecule has 1 aliphatic carbocycles. The molecular formula is C23H33N5O2S. The summed E-state index contributed by atoms with van der Waals surface area (Å²) < 4.78 is 0. The van der Waals surface area contributed by atoms with E-state index >= 15 is 0 Å². The van der Waals surface area contributed by atoms with E-state index in [1.54, 1.807) is 11.8 Å². The molecule has 4 atom stereocenters. The van der Waals surface area contributed by atoms with Crippen molar-refractivity contribution < 1.29 is 9.59 Å². The zero-order valence-corrected chi connectivity index (χ0v) is 19.2. The second kappa shape index (κ2) is 9.94. The topological polar surface area (TPSA) is 77.0 Å². The smallest absolute Gasteiger partial charge is 0.230 e. The number of fused-ring (bicyclic) bond motifs is 3. The Morgan fingerprint density at radius 2 is 2.06 bits per heavy atom. The number of carbonyl (C=O) groups excluding carboxylic acids is 2. The van der Waals surface area contributed by atoms with Crippen LogP contribution in [-0.2, 0) is 15.3 Å². The average molecular weight is 444 g/mol. The van der Waals surface area contributed by atoms with Crippen LogP contribution in [0.25, 0.3) is 0 Å². The van der Waals surface area contributed by atoms with Crippen LogP contribution in [-0.4, -0.2) is 51.7 Å². The minimum absolute atomic E-state index is 0.00272. The van der Waals surface area contributed by atoms with Gasteiger partial charge >= 0.3 is 0 Å². The van der Waals surface area contributed by atoms with Gasteiger partial charge in [0.25, 0.3) is 0 Å². The normalized spacial score (nSPS) is 25.9. The Balaban J connectivity index is 1.46. The standard InChI is InChI=1S/C23H33N5O2S/c1-3-16(2)24-20(29)13-14-27-21(30)18-11-7-8-12-19(18)28-22(27)25-26-23(28)31-15-17-9-5-4-6-10-17/h4-6,9-10,16,18-19,22,25H,3,7-8,11-15H2,1-2H3,(H,24,29). The summed E-state index contributed by atoms with van der Waals surface area (Å²) >= 11 is 1.71. The largest absolute Gasteiger partial charge is 0.354 e. The highest BCUT2D eigenvalue weighted by Gasteiger charge is 2.50. The van der Waals surface area contributed by atoms with Gasteiger partial charge in [0.1, 0.15) is 0 Å². The fraction of sp³-hybridized carbons (Fsp3) is 0.609. The fourth-order valence-electron chi connectivity index (χ4n) is 4.68. The van der Waals surface area contributed by atoms with Crippen molar-refractivity contribution in [1.82, 2.24) is 20.5 Å². The van der Waals surface area contributed by atoms with Crippen LogP contribution in [0.5, 0.6) is 0 Å². The van der Waals surface area contributed by atoms with Crippen molar-refractivity contribution in [3.63, 3.8) is 0 Å². The molecule has 4 unspecified atom stereocenters. The van der Waals surface area contributed by atoms with Gasteiger partial charge in [-0.05, 0) is 31.7 Å². The number of hydrogen-bond donors (Lipinski definition) is 2. The Labute approximate surface area is 189 Å². The van der Waals surface area contributed by atoms with Crippen LogP contribution >= 0.6 is 11.8 Å². The van der Waals surface area contributed by atoms with E-state index in [0.29, 0.717) is 13.0 Å². The molecule has 0 spiro atoms. The number of amides is 2. The van der Waals surface area contributed by atoms with Crippen molar-refractivity contribution >= 4 is 28.7 Å². The predicted molar refractivity (Wildman–Crippen MR) is 124 cm³/mol. The van der Waals surface area contributed by atoms with Gasteiger partial charge in [0.2, 0.25) is 11.8 Å². The summed E-state index contributed by atoms with van der Waals surface area (Å²) in [6.07, 6.45) is 5.08. The first-order valence-electron chi connectivity index (χ1n) is 11.5. The summed E-state index contributed by atoms with van der Waals surface area (Å²) in [5.74, 6) is 0.995. The SMILES string of the molecule is CCC(C)NC(=O)CCN1C(=O)C2CCCCC2N2C(SCc3ccccc3)=NNC12. The first-order chi connectivity index (χ1) is 15.1. The van der Waals surface area contributed by atoms with E-state index in [9.17, 15) is 9.59 Å². The minimum atomic E-state index is -0.290. The van der Waals surface area contributed by atoms with Crippen LogP contribution in [0, 0.1) is 5.92 Å². The van der Waals surface area contributed by atoms with Crippen LogP contribution < -0.4 is 10.7 Å². The van der Waals surface area contributed by atoms with Gasteiger partial charge in [0.05, 0.1) is 5.92 Å². The third kappa shape index (κ3) is 4.84. The monoisotopic (exact) mass is 443 g/mol. The molecule has 2 aliphatic heterocycles. The number of nitrogens with one attached hydrogen (secondary N) is 2. The number of nitrogens with zero attached hydrogens (tertiary/aromatic N) is 3. The lowest BCUT2D eigenvalue weighted by Gasteiger charge is -2.50. The molecule has 3 aliphatic rings. The van der Waals surface area contributed by atoms with E-state index in [2.05, 4.69) is 51.9 Å². The Hall–Kier alpha value is -2.22. The van der Waals surface area contributed by atoms with Crippen molar-refractivity contribution in [2.24, 2.45) is 11.0 Å². The van der Waals surface area contributed by atoms with Crippen LogP contribution in [0.1, 0.15) is 57.9 Å². The first kappa shape index (κ1) is 22.0. The maximum Gasteiger partial charge on any atom is 0.230 e. The third-order valence-corrected chi connectivity index (χ3v) is 7.59. The first-order valence-corrected chi connectivity index (χ1v) is 12.4. The van der Waals surface area contributed by atoms with E-state index in [4.69, 9.17) is 0 Å². The van der Waals surface area contributed by atoms with Crippen molar-refractivity contribution in [1.29, 1.82) is 0 Å². The highest BCUT2D eigenvalue weighted by Crippen LogP contribution is 2.39. The third-order valence-electron chi connectivity index (χ3n) is 6.55. The number of hydrogen-bond acceptors (Lipinski definition) is 6. The molecule has 0 aromatic heterocycles. The van der Waals surface area contributed by atoms with Gasteiger partial charge in [-0.15, -0.1) is 0 Å². The van der Waals surface area contributed by atoms with E-state index < -0.39 is 0 Å². The fourth-order valence-corrected chi connectivity index (χ4v) is 5.67. The lowest BCUT2D eigenvalue weighted by molar-refractivity contribution is -0.155. The quantitative estimate of drug-likeness (QED) is 0.677. The number of hydrazone groups is 1. The molecule has 7 nitrogen and oxygen atoms in total. The second-order valence-corrected chi connectivity index (χ2v) is 9.64. The summed E-state index contributed by atoms with van der Waals surface area (Å²) in [7, 11) is 0. The molecule has 2 heterocycles. The lowest BCUT2D eigenvalue weighted by Crippen LogP contribution is -2.67. The summed E-state index contributed by atoms with van der Waals surface area (Å²) in [5.41, 5.74) is 4.46. The molecule has 1 aromatic carbocycles. The summed E-state index contributed by atoms with van der Waals surface area (Å²) in [4.78, 5) is 29.8. The molecule has 0 radical (unpaired) electrons. The Bertz CT molecular complexity index is 817. The molecule has 1 saturated carbocycles. The molecule has 168 valence electrons. The maximum atomic E-state index is 13.3. The molecule has 31 heavy (non-hydrogen) atoms. The Kier molecular flexibility index (Phi) is 7.05. The molecule has 2 N–H and O–H groups in total. The molecule has 4 rings (SSSR count). The van der Waals surface area contributed by atoms with E-state index in [0.717, 1.165) is 43.0 Å². The molecule has 1 aromatic rings. The number of benzene rings is 1. The Morgan fingerprint density at radius 3 is 2.84 bits per heavy atom. The van der Waals surface area contributed by atoms with E-state index in [-0.39, 0.29) is 36.1 Å². The molecule has 2 amide bonds. The van der Waals surface area contributed by atoms with Crippen molar-refractivity contribution in [2.75, 3.05) is 6.54 Å². The number of amidine groups is 1. The zero-order chi connectivity index (χ0) is 21.8. The van der Waals surface area contributed by atoms with Gasteiger partial charge in [-0.2, -0.15) is 5.10 Å². The number of thioether (sulfide) groups is 1. The molecule has 8 heteroatoms. The summed E-state index contributed by atoms with van der Waals surface area (Å²) in [6, 6.07) is 10.7. The number of rotatable bonds is 7. The highest BCUT2D eigenvalue weighted by molar-refractivity contribution is 8.13. The predicted octanol–water partition coefficient (Wildman–Crippen LogP) is 3.09. The lowest BCUT2D eigenvalue weighted by atomic mass is 9.81. The molecule has 2 fully saturated rings. The molecule has 1 saturated heterocycles. The van der Waals surface area contributed by atoms with Gasteiger partial charge in [-0.3, -0.25) is 15.0 Å². The maximum absolute atomic E-state index is 13.3. The average Bonchev–Trinajstić information content (AvgIpc) is 3.22. The van der Waals surface area contributed by atoms with Gasteiger partial charge < -0.3 is 15.1 Å². The van der Waals surface area contributed by atoms with Gasteiger partial charge in [0, 0.05) is 30.8 Å². The van der Waals surface area contributed by atoms with Crippen LogP contribution in [0.2, 0.25) is 0 Å². The van der Waals surface area contributed by atoms with E-state index in [1.807, 2.05) is 17.9 Å². The number of carbonyl (C=O) groups is 2. The van der Waals surface area contributed by atoms with Crippen molar-refractivity contribution in [3.05, 3.63) is 35.9 Å². The van der Waals surface area contributed by atoms with Crippen LogP contribution in [0.4, 0.5) is 0 Å². The van der Waals surface area contributed by atoms with Crippen molar-refractivity contribution in [2.45, 2.75) is 76.5 Å². The highest BCUT2D eigenvalue weighted by atomic mass is 32.2. The molecular weight excluding hydrogens is 410 g/mol. The summed E-state index contributed by atoms with van der Waals surface area (Å²) in [5, 5.41) is 8.58. The molecule has 0 bridgehead atoms. The van der Waals surface area contributed by atoms with Gasteiger partial charge in [-0.25, -0.2) is 0 Å². The Morgan fingerprint density at radius 1 is 1.29 bits per heavy atom. The van der Waals surface area contributed by atoms with Crippen molar-refractivity contribution in [3.8, 4) is 0 Å².